The molecule has 1 aromatic carbocycles. The summed E-state index contributed by atoms with van der Waals surface area (Å²) < 4.78 is 17.8. The Morgan fingerprint density at radius 2 is 2.00 bits per heavy atom. The fourth-order valence-corrected chi connectivity index (χ4v) is 4.46. The first-order valence-corrected chi connectivity index (χ1v) is 12.2. The quantitative estimate of drug-likeness (QED) is 0.477. The number of benzene rings is 1. The van der Waals surface area contributed by atoms with E-state index in [0.717, 1.165) is 11.3 Å². The van der Waals surface area contributed by atoms with Crippen LogP contribution < -0.4 is 19.7 Å². The molecule has 0 spiro atoms. The Morgan fingerprint density at radius 3 is 2.78 bits per heavy atom. The van der Waals surface area contributed by atoms with Crippen LogP contribution in [-0.4, -0.2) is 89.0 Å². The molecule has 0 radical (unpaired) electrons. The third-order valence-corrected chi connectivity index (χ3v) is 6.33. The molecule has 12 nitrogen and oxygen atoms in total. The van der Waals surface area contributed by atoms with Crippen molar-refractivity contribution < 1.29 is 23.8 Å². The number of halogens is 1. The molecule has 0 saturated carbocycles. The second-order valence-electron chi connectivity index (χ2n) is 8.46. The first-order valence-electron chi connectivity index (χ1n) is 11.8. The predicted octanol–water partition coefficient (Wildman–Crippen LogP) is 1.70. The summed E-state index contributed by atoms with van der Waals surface area (Å²) in [7, 11) is 1.30. The largest absolute Gasteiger partial charge is 0.486 e. The molecule has 2 aliphatic heterocycles. The van der Waals surface area contributed by atoms with Crippen molar-refractivity contribution in [1.82, 2.24) is 29.7 Å². The third-order valence-electron chi connectivity index (χ3n) is 6.14. The Bertz CT molecular complexity index is 1270. The molecule has 5 rings (SSSR count). The molecule has 4 heterocycles. The van der Waals surface area contributed by atoms with E-state index in [0.29, 0.717) is 50.2 Å². The molecule has 1 fully saturated rings. The lowest BCUT2D eigenvalue weighted by Gasteiger charge is -2.40. The lowest BCUT2D eigenvalue weighted by Crippen LogP contribution is -2.61. The molecule has 3 aromatic rings. The summed E-state index contributed by atoms with van der Waals surface area (Å²) >= 11 is 6.27. The maximum Gasteiger partial charge on any atom is 0.410 e. The third kappa shape index (κ3) is 5.53. The summed E-state index contributed by atoms with van der Waals surface area (Å²) in [5.41, 5.74) is 1.00. The Balaban J connectivity index is 1.27. The van der Waals surface area contributed by atoms with Crippen LogP contribution in [0.15, 0.2) is 43.0 Å². The van der Waals surface area contributed by atoms with Crippen LogP contribution in [0.3, 0.4) is 0 Å². The zero-order valence-corrected chi connectivity index (χ0v) is 20.9. The van der Waals surface area contributed by atoms with Gasteiger partial charge < -0.3 is 24.4 Å². The number of nitrogens with zero attached hydrogens (tertiary/aromatic N) is 6. The second kappa shape index (κ2) is 10.9. The number of methoxy groups -OCH3 is 1. The van der Waals surface area contributed by atoms with Gasteiger partial charge in [-0.3, -0.25) is 14.3 Å². The van der Waals surface area contributed by atoms with Gasteiger partial charge in [-0.2, -0.15) is 4.98 Å². The van der Waals surface area contributed by atoms with E-state index in [4.69, 9.17) is 25.8 Å². The highest BCUT2D eigenvalue weighted by Crippen LogP contribution is 2.30. The summed E-state index contributed by atoms with van der Waals surface area (Å²) in [6.07, 6.45) is 4.93. The van der Waals surface area contributed by atoms with Gasteiger partial charge in [0.1, 0.15) is 36.6 Å². The lowest BCUT2D eigenvalue weighted by molar-refractivity contribution is -0.126. The van der Waals surface area contributed by atoms with Crippen molar-refractivity contribution in [2.45, 2.75) is 12.5 Å². The number of hydrogen-bond donors (Lipinski definition) is 1. The summed E-state index contributed by atoms with van der Waals surface area (Å²) in [5.74, 6) is 2.03. The lowest BCUT2D eigenvalue weighted by atomic mass is 10.1. The van der Waals surface area contributed by atoms with Gasteiger partial charge in [0, 0.05) is 44.6 Å². The number of imidazole rings is 1. The van der Waals surface area contributed by atoms with Crippen LogP contribution in [0.25, 0.3) is 5.95 Å². The van der Waals surface area contributed by atoms with Gasteiger partial charge in [0.25, 0.3) is 0 Å². The Morgan fingerprint density at radius 1 is 1.16 bits per heavy atom. The first-order chi connectivity index (χ1) is 18.0. The van der Waals surface area contributed by atoms with E-state index in [2.05, 4.69) is 20.3 Å². The number of amides is 2. The SMILES string of the molecule is COC(=O)N1CCN(c2cc(Cl)nc(-n3ccnc3)n2)CC1C(=O)NCCc1ccc2c(c1)OCCO2. The van der Waals surface area contributed by atoms with Crippen molar-refractivity contribution in [2.75, 3.05) is 51.4 Å². The normalized spacial score (nSPS) is 16.9. The molecule has 1 saturated heterocycles. The zero-order valence-electron chi connectivity index (χ0n) is 20.2. The van der Waals surface area contributed by atoms with Gasteiger partial charge in [-0.05, 0) is 24.1 Å². The molecule has 13 heteroatoms. The van der Waals surface area contributed by atoms with Gasteiger partial charge in [-0.25, -0.2) is 14.8 Å². The van der Waals surface area contributed by atoms with E-state index < -0.39 is 12.1 Å². The van der Waals surface area contributed by atoms with Crippen LogP contribution in [0.1, 0.15) is 5.56 Å². The van der Waals surface area contributed by atoms with Crippen molar-refractivity contribution in [1.29, 1.82) is 0 Å². The Labute approximate surface area is 218 Å². The molecule has 2 amide bonds. The number of aromatic nitrogens is 4. The molecular formula is C24H26ClN7O5. The minimum absolute atomic E-state index is 0.210. The molecule has 37 heavy (non-hydrogen) atoms. The predicted molar refractivity (Wildman–Crippen MR) is 133 cm³/mol. The first kappa shape index (κ1) is 24.6. The van der Waals surface area contributed by atoms with Crippen LogP contribution in [0.4, 0.5) is 10.6 Å². The monoisotopic (exact) mass is 527 g/mol. The van der Waals surface area contributed by atoms with Crippen LogP contribution in [0.2, 0.25) is 5.15 Å². The number of rotatable bonds is 6. The van der Waals surface area contributed by atoms with Gasteiger partial charge in [0.2, 0.25) is 11.9 Å². The highest BCUT2D eigenvalue weighted by atomic mass is 35.5. The van der Waals surface area contributed by atoms with E-state index in [1.165, 1.54) is 12.0 Å². The topological polar surface area (TPSA) is 124 Å². The van der Waals surface area contributed by atoms with Crippen molar-refractivity contribution in [3.63, 3.8) is 0 Å². The van der Waals surface area contributed by atoms with Crippen molar-refractivity contribution in [3.05, 3.63) is 53.7 Å². The molecule has 0 bridgehead atoms. The van der Waals surface area contributed by atoms with Gasteiger partial charge in [-0.15, -0.1) is 0 Å². The number of hydrogen-bond acceptors (Lipinski definition) is 9. The van der Waals surface area contributed by atoms with Gasteiger partial charge in [-0.1, -0.05) is 17.7 Å². The van der Waals surface area contributed by atoms with E-state index >= 15 is 0 Å². The van der Waals surface area contributed by atoms with Crippen LogP contribution in [0, 0.1) is 0 Å². The number of carbonyl (C=O) groups excluding carboxylic acids is 2. The maximum absolute atomic E-state index is 13.2. The van der Waals surface area contributed by atoms with Gasteiger partial charge in [0.05, 0.1) is 7.11 Å². The van der Waals surface area contributed by atoms with Crippen molar-refractivity contribution in [3.8, 4) is 17.4 Å². The van der Waals surface area contributed by atoms with Crippen molar-refractivity contribution in [2.24, 2.45) is 0 Å². The zero-order chi connectivity index (χ0) is 25.8. The summed E-state index contributed by atoms with van der Waals surface area (Å²) in [6, 6.07) is 6.58. The number of carbonyl (C=O) groups is 2. The minimum Gasteiger partial charge on any atom is -0.486 e. The molecule has 0 aliphatic carbocycles. The molecular weight excluding hydrogens is 502 g/mol. The van der Waals surface area contributed by atoms with E-state index in [1.54, 1.807) is 29.4 Å². The molecule has 2 aromatic heterocycles. The molecule has 1 unspecified atom stereocenters. The van der Waals surface area contributed by atoms with Crippen LogP contribution in [0.5, 0.6) is 11.5 Å². The standard InChI is InChI=1S/C24H26ClN7O5/c1-35-24(34)32-9-8-30(21-13-20(25)28-23(29-21)31-7-6-26-15-31)14-17(32)22(33)27-5-4-16-2-3-18-19(12-16)37-11-10-36-18/h2-3,6-7,12-13,15,17H,4-5,8-11,14H2,1H3,(H,27,33). The minimum atomic E-state index is -0.785. The molecule has 1 atom stereocenters. The van der Waals surface area contributed by atoms with E-state index in [9.17, 15) is 9.59 Å². The molecule has 1 N–H and O–H groups in total. The molecule has 2 aliphatic rings. The highest BCUT2D eigenvalue weighted by molar-refractivity contribution is 6.29. The highest BCUT2D eigenvalue weighted by Gasteiger charge is 2.36. The number of piperazine rings is 1. The van der Waals surface area contributed by atoms with E-state index in [1.807, 2.05) is 23.1 Å². The fraction of sp³-hybridized carbons (Fsp3) is 0.375. The van der Waals surface area contributed by atoms with Gasteiger partial charge in [0.15, 0.2) is 11.5 Å². The summed E-state index contributed by atoms with van der Waals surface area (Å²) in [5, 5.41) is 3.20. The summed E-state index contributed by atoms with van der Waals surface area (Å²) in [6.45, 7) is 2.34. The maximum atomic E-state index is 13.2. The fourth-order valence-electron chi connectivity index (χ4n) is 4.29. The smallest absolute Gasteiger partial charge is 0.410 e. The van der Waals surface area contributed by atoms with Crippen molar-refractivity contribution >= 4 is 29.4 Å². The number of ether oxygens (including phenoxy) is 3. The molecule has 194 valence electrons. The van der Waals surface area contributed by atoms with E-state index in [-0.39, 0.29) is 24.1 Å². The Kier molecular flexibility index (Phi) is 7.26. The van der Waals surface area contributed by atoms with Gasteiger partial charge >= 0.3 is 6.09 Å². The number of fused-ring (bicyclic) bond motifs is 1. The average molecular weight is 528 g/mol. The number of anilines is 1. The van der Waals surface area contributed by atoms with Crippen LogP contribution in [-0.2, 0) is 16.0 Å². The second-order valence-corrected chi connectivity index (χ2v) is 8.85. The average Bonchev–Trinajstić information content (AvgIpc) is 3.47. The number of nitrogens with one attached hydrogen (secondary N) is 1. The van der Waals surface area contributed by atoms with Crippen LogP contribution >= 0.6 is 11.6 Å². The summed E-state index contributed by atoms with van der Waals surface area (Å²) in [4.78, 5) is 41.9. The Hall–Kier alpha value is -4.06.